The molecule has 0 fully saturated rings. The van der Waals surface area contributed by atoms with E-state index in [2.05, 4.69) is 0 Å². The van der Waals surface area contributed by atoms with Crippen LogP contribution in [0, 0.1) is 0 Å². The SMILES string of the molecule is O=C(C=Cc1ccc(C=CC(=O)c2ccccc2)o1)c1ccccc1. The predicted molar refractivity (Wildman–Crippen MR) is 98.3 cm³/mol. The summed E-state index contributed by atoms with van der Waals surface area (Å²) in [6.07, 6.45) is 6.17. The molecule has 0 unspecified atom stereocenters. The minimum Gasteiger partial charge on any atom is -0.457 e. The van der Waals surface area contributed by atoms with Crippen molar-refractivity contribution in [3.63, 3.8) is 0 Å². The van der Waals surface area contributed by atoms with E-state index in [0.717, 1.165) is 0 Å². The molecule has 25 heavy (non-hydrogen) atoms. The van der Waals surface area contributed by atoms with E-state index < -0.39 is 0 Å². The molecule has 3 rings (SSSR count). The van der Waals surface area contributed by atoms with Crippen molar-refractivity contribution in [2.45, 2.75) is 0 Å². The fourth-order valence-corrected chi connectivity index (χ4v) is 2.26. The second-order valence-corrected chi connectivity index (χ2v) is 5.37. The Bertz CT molecular complexity index is 840. The Morgan fingerprint density at radius 1 is 0.600 bits per heavy atom. The van der Waals surface area contributed by atoms with E-state index in [4.69, 9.17) is 4.42 Å². The second kappa shape index (κ2) is 7.88. The van der Waals surface area contributed by atoms with Gasteiger partial charge in [-0.15, -0.1) is 0 Å². The molecule has 122 valence electrons. The molecular weight excluding hydrogens is 312 g/mol. The second-order valence-electron chi connectivity index (χ2n) is 5.37. The fourth-order valence-electron chi connectivity index (χ4n) is 2.26. The number of ketones is 2. The number of allylic oxidation sites excluding steroid dienone is 2. The van der Waals surface area contributed by atoms with Crippen LogP contribution in [0.15, 0.2) is 89.4 Å². The van der Waals surface area contributed by atoms with Crippen LogP contribution in [-0.4, -0.2) is 11.6 Å². The number of carbonyl (C=O) groups is 2. The van der Waals surface area contributed by atoms with Crippen molar-refractivity contribution >= 4 is 23.7 Å². The van der Waals surface area contributed by atoms with Gasteiger partial charge in [-0.2, -0.15) is 0 Å². The van der Waals surface area contributed by atoms with Gasteiger partial charge < -0.3 is 4.42 Å². The zero-order valence-corrected chi connectivity index (χ0v) is 13.5. The van der Waals surface area contributed by atoms with Gasteiger partial charge in [-0.25, -0.2) is 0 Å². The molecule has 1 aromatic heterocycles. The van der Waals surface area contributed by atoms with E-state index in [1.165, 1.54) is 12.2 Å². The van der Waals surface area contributed by atoms with Gasteiger partial charge in [0.15, 0.2) is 11.6 Å². The maximum Gasteiger partial charge on any atom is 0.185 e. The number of hydrogen-bond acceptors (Lipinski definition) is 3. The van der Waals surface area contributed by atoms with Crippen molar-refractivity contribution in [2.24, 2.45) is 0 Å². The predicted octanol–water partition coefficient (Wildman–Crippen LogP) is 5.07. The van der Waals surface area contributed by atoms with Crippen molar-refractivity contribution in [1.29, 1.82) is 0 Å². The Hall–Kier alpha value is -3.46. The summed E-state index contributed by atoms with van der Waals surface area (Å²) in [6.45, 7) is 0. The molecule has 0 amide bonds. The van der Waals surface area contributed by atoms with Crippen LogP contribution in [0.5, 0.6) is 0 Å². The van der Waals surface area contributed by atoms with Crippen LogP contribution in [0.25, 0.3) is 12.2 Å². The van der Waals surface area contributed by atoms with Crippen molar-refractivity contribution in [1.82, 2.24) is 0 Å². The smallest absolute Gasteiger partial charge is 0.185 e. The normalized spacial score (nSPS) is 11.2. The van der Waals surface area contributed by atoms with E-state index >= 15 is 0 Å². The molecule has 3 aromatic rings. The lowest BCUT2D eigenvalue weighted by Crippen LogP contribution is -1.92. The summed E-state index contributed by atoms with van der Waals surface area (Å²) >= 11 is 0. The minimum atomic E-state index is -0.0895. The monoisotopic (exact) mass is 328 g/mol. The number of hydrogen-bond donors (Lipinski definition) is 0. The molecule has 0 saturated carbocycles. The molecule has 2 aromatic carbocycles. The number of benzene rings is 2. The number of rotatable bonds is 6. The summed E-state index contributed by atoms with van der Waals surface area (Å²) in [5.41, 5.74) is 1.25. The maximum atomic E-state index is 12.0. The molecule has 0 spiro atoms. The summed E-state index contributed by atoms with van der Waals surface area (Å²) in [6, 6.07) is 21.6. The molecule has 0 aliphatic heterocycles. The molecule has 0 bridgehead atoms. The van der Waals surface area contributed by atoms with Crippen LogP contribution >= 0.6 is 0 Å². The minimum absolute atomic E-state index is 0.0895. The molecule has 0 aliphatic carbocycles. The quantitative estimate of drug-likeness (QED) is 0.469. The third-order valence-electron chi connectivity index (χ3n) is 3.56. The van der Waals surface area contributed by atoms with Crippen LogP contribution < -0.4 is 0 Å². The van der Waals surface area contributed by atoms with Gasteiger partial charge in [0.2, 0.25) is 0 Å². The molecule has 1 heterocycles. The Balaban J connectivity index is 1.64. The number of furan rings is 1. The third-order valence-corrected chi connectivity index (χ3v) is 3.56. The van der Waals surface area contributed by atoms with Crippen molar-refractivity contribution in [3.8, 4) is 0 Å². The standard InChI is InChI=1S/C22H16O3/c23-21(17-7-3-1-4-8-17)15-13-19-11-12-20(25-19)14-16-22(24)18-9-5-2-6-10-18/h1-16H. The Morgan fingerprint density at radius 2 is 1.00 bits per heavy atom. The van der Waals surface area contributed by atoms with Gasteiger partial charge in [0, 0.05) is 11.1 Å². The zero-order chi connectivity index (χ0) is 17.5. The highest BCUT2D eigenvalue weighted by atomic mass is 16.3. The molecule has 3 heteroatoms. The van der Waals surface area contributed by atoms with Gasteiger partial charge in [0.1, 0.15) is 11.5 Å². The zero-order valence-electron chi connectivity index (χ0n) is 13.5. The topological polar surface area (TPSA) is 47.3 Å². The van der Waals surface area contributed by atoms with E-state index in [1.54, 1.807) is 48.6 Å². The summed E-state index contributed by atoms with van der Waals surface area (Å²) < 4.78 is 5.58. The third kappa shape index (κ3) is 4.52. The van der Waals surface area contributed by atoms with Crippen LogP contribution in [0.1, 0.15) is 32.2 Å². The average Bonchev–Trinajstić information content (AvgIpc) is 3.13. The van der Waals surface area contributed by atoms with Crippen molar-refractivity contribution in [3.05, 3.63) is 108 Å². The van der Waals surface area contributed by atoms with Gasteiger partial charge in [0.05, 0.1) is 0 Å². The lowest BCUT2D eigenvalue weighted by Gasteiger charge is -1.93. The summed E-state index contributed by atoms with van der Waals surface area (Å²) in [4.78, 5) is 24.0. The van der Waals surface area contributed by atoms with Crippen LogP contribution in [0.4, 0.5) is 0 Å². The summed E-state index contributed by atoms with van der Waals surface area (Å²) in [5.74, 6) is 0.925. The Labute approximate surface area is 145 Å². The highest BCUT2D eigenvalue weighted by molar-refractivity contribution is 6.07. The lowest BCUT2D eigenvalue weighted by molar-refractivity contribution is 0.103. The largest absolute Gasteiger partial charge is 0.457 e. The molecular formula is C22H16O3. The van der Waals surface area contributed by atoms with Gasteiger partial charge >= 0.3 is 0 Å². The molecule has 3 nitrogen and oxygen atoms in total. The first-order valence-corrected chi connectivity index (χ1v) is 7.87. The van der Waals surface area contributed by atoms with Gasteiger partial charge in [-0.3, -0.25) is 9.59 Å². The average molecular weight is 328 g/mol. The van der Waals surface area contributed by atoms with E-state index in [0.29, 0.717) is 22.6 Å². The van der Waals surface area contributed by atoms with Gasteiger partial charge in [-0.1, -0.05) is 60.7 Å². The highest BCUT2D eigenvalue weighted by Gasteiger charge is 2.03. The van der Waals surface area contributed by atoms with Crippen LogP contribution in [0.3, 0.4) is 0 Å². The summed E-state index contributed by atoms with van der Waals surface area (Å²) in [5, 5.41) is 0. The molecule has 0 atom stereocenters. The Morgan fingerprint density at radius 3 is 1.40 bits per heavy atom. The first kappa shape index (κ1) is 16.4. The van der Waals surface area contributed by atoms with E-state index in [9.17, 15) is 9.59 Å². The van der Waals surface area contributed by atoms with Crippen molar-refractivity contribution < 1.29 is 14.0 Å². The first-order chi connectivity index (χ1) is 12.2. The Kier molecular flexibility index (Phi) is 5.17. The van der Waals surface area contributed by atoms with E-state index in [1.807, 2.05) is 36.4 Å². The fraction of sp³-hybridized carbons (Fsp3) is 0. The molecule has 0 saturated heterocycles. The number of carbonyl (C=O) groups excluding carboxylic acids is 2. The van der Waals surface area contributed by atoms with Crippen molar-refractivity contribution in [2.75, 3.05) is 0 Å². The van der Waals surface area contributed by atoms with Gasteiger partial charge in [-0.05, 0) is 36.4 Å². The maximum absolute atomic E-state index is 12.0. The summed E-state index contributed by atoms with van der Waals surface area (Å²) in [7, 11) is 0. The van der Waals surface area contributed by atoms with Crippen LogP contribution in [-0.2, 0) is 0 Å². The van der Waals surface area contributed by atoms with Crippen LogP contribution in [0.2, 0.25) is 0 Å². The first-order valence-electron chi connectivity index (χ1n) is 7.87. The van der Waals surface area contributed by atoms with Gasteiger partial charge in [0.25, 0.3) is 0 Å². The van der Waals surface area contributed by atoms with E-state index in [-0.39, 0.29) is 11.6 Å². The lowest BCUT2D eigenvalue weighted by atomic mass is 10.1. The molecule has 0 aliphatic rings. The highest BCUT2D eigenvalue weighted by Crippen LogP contribution is 2.13. The molecule has 0 N–H and O–H groups in total. The molecule has 0 radical (unpaired) electrons.